The number of hydrogen-bond acceptors (Lipinski definition) is 3. The molecule has 0 saturated carbocycles. The summed E-state index contributed by atoms with van der Waals surface area (Å²) in [5.74, 6) is 0.752. The van der Waals surface area contributed by atoms with Gasteiger partial charge >= 0.3 is 0 Å². The van der Waals surface area contributed by atoms with Gasteiger partial charge in [0.25, 0.3) is 0 Å². The van der Waals surface area contributed by atoms with Crippen LogP contribution in [0.1, 0.15) is 18.9 Å². The monoisotopic (exact) mass is 252 g/mol. The molecular formula is C13H17ClN2O. The summed E-state index contributed by atoms with van der Waals surface area (Å²) in [6.45, 7) is 3.43. The van der Waals surface area contributed by atoms with Gasteiger partial charge in [-0.15, -0.1) is 0 Å². The minimum absolute atomic E-state index is 0.0729. The van der Waals surface area contributed by atoms with Crippen LogP contribution < -0.4 is 10.1 Å². The lowest BCUT2D eigenvalue weighted by Gasteiger charge is -2.09. The fraction of sp³-hybridized carbons (Fsp3) is 0.462. The Morgan fingerprint density at radius 1 is 1.53 bits per heavy atom. The molecule has 0 saturated heterocycles. The molecule has 1 N–H and O–H groups in total. The van der Waals surface area contributed by atoms with Gasteiger partial charge in [-0.3, -0.25) is 0 Å². The molecule has 4 heteroatoms. The molecule has 1 unspecified atom stereocenters. The Bertz CT molecular complexity index is 401. The van der Waals surface area contributed by atoms with E-state index in [1.54, 1.807) is 7.11 Å². The Morgan fingerprint density at radius 2 is 2.29 bits per heavy atom. The average molecular weight is 253 g/mol. The summed E-state index contributed by atoms with van der Waals surface area (Å²) in [4.78, 5) is 0. The number of hydrogen-bond donors (Lipinski definition) is 1. The average Bonchev–Trinajstić information content (AvgIpc) is 2.35. The Morgan fingerprint density at radius 3 is 2.82 bits per heavy atom. The lowest BCUT2D eigenvalue weighted by atomic mass is 10.1. The van der Waals surface area contributed by atoms with Crippen molar-refractivity contribution in [2.45, 2.75) is 19.9 Å². The van der Waals surface area contributed by atoms with Crippen LogP contribution in [0.15, 0.2) is 18.2 Å². The van der Waals surface area contributed by atoms with Crippen molar-refractivity contribution in [1.29, 1.82) is 5.26 Å². The van der Waals surface area contributed by atoms with Crippen LogP contribution in [0.2, 0.25) is 5.02 Å². The first-order valence-electron chi connectivity index (χ1n) is 5.64. The summed E-state index contributed by atoms with van der Waals surface area (Å²) >= 11 is 6.02. The van der Waals surface area contributed by atoms with Gasteiger partial charge < -0.3 is 10.1 Å². The highest BCUT2D eigenvalue weighted by atomic mass is 35.5. The van der Waals surface area contributed by atoms with Crippen LogP contribution in [0.3, 0.4) is 0 Å². The third kappa shape index (κ3) is 4.26. The minimum atomic E-state index is 0.0729. The highest BCUT2D eigenvalue weighted by Crippen LogP contribution is 2.24. The Hall–Kier alpha value is -1.24. The third-order valence-electron chi connectivity index (χ3n) is 2.61. The second-order valence-electron chi connectivity index (χ2n) is 3.83. The maximum atomic E-state index is 8.81. The lowest BCUT2D eigenvalue weighted by Crippen LogP contribution is -2.21. The number of halogens is 1. The highest BCUT2D eigenvalue weighted by Gasteiger charge is 2.04. The molecule has 0 aliphatic carbocycles. The van der Waals surface area contributed by atoms with Crippen LogP contribution in [-0.4, -0.2) is 13.7 Å². The van der Waals surface area contributed by atoms with E-state index in [9.17, 15) is 0 Å². The van der Waals surface area contributed by atoms with E-state index in [1.807, 2.05) is 25.1 Å². The number of nitriles is 1. The summed E-state index contributed by atoms with van der Waals surface area (Å²) < 4.78 is 5.08. The van der Waals surface area contributed by atoms with Gasteiger partial charge in [0, 0.05) is 13.1 Å². The Kier molecular flexibility index (Phi) is 5.82. The molecule has 0 amide bonds. The van der Waals surface area contributed by atoms with Gasteiger partial charge in [-0.05, 0) is 24.1 Å². The van der Waals surface area contributed by atoms with Crippen LogP contribution in [0.5, 0.6) is 5.75 Å². The van der Waals surface area contributed by atoms with Gasteiger partial charge in [-0.1, -0.05) is 24.6 Å². The maximum absolute atomic E-state index is 8.81. The number of methoxy groups -OCH3 is 1. The molecule has 1 atom stereocenters. The highest BCUT2D eigenvalue weighted by molar-refractivity contribution is 6.32. The molecule has 0 aliphatic heterocycles. The van der Waals surface area contributed by atoms with Gasteiger partial charge in [-0.2, -0.15) is 5.26 Å². The van der Waals surface area contributed by atoms with Crippen LogP contribution in [0.4, 0.5) is 0 Å². The SMILES string of the molecule is CCC(C#N)CNCc1ccc(OC)c(Cl)c1. The third-order valence-corrected chi connectivity index (χ3v) is 2.91. The zero-order chi connectivity index (χ0) is 12.7. The smallest absolute Gasteiger partial charge is 0.137 e. The number of nitrogens with zero attached hydrogens (tertiary/aromatic N) is 1. The molecule has 17 heavy (non-hydrogen) atoms. The molecule has 1 aromatic rings. The van der Waals surface area contributed by atoms with Crippen LogP contribution >= 0.6 is 11.6 Å². The normalized spacial score (nSPS) is 11.9. The van der Waals surface area contributed by atoms with Crippen molar-refractivity contribution < 1.29 is 4.74 Å². The van der Waals surface area contributed by atoms with Crippen LogP contribution in [0, 0.1) is 17.2 Å². The fourth-order valence-electron chi connectivity index (χ4n) is 1.49. The zero-order valence-corrected chi connectivity index (χ0v) is 10.9. The maximum Gasteiger partial charge on any atom is 0.137 e. The predicted molar refractivity (Wildman–Crippen MR) is 69.1 cm³/mol. The van der Waals surface area contributed by atoms with Crippen molar-refractivity contribution in [3.8, 4) is 11.8 Å². The van der Waals surface area contributed by atoms with Crippen molar-refractivity contribution >= 4 is 11.6 Å². The Balaban J connectivity index is 2.48. The zero-order valence-electron chi connectivity index (χ0n) is 10.2. The number of benzene rings is 1. The second kappa shape index (κ2) is 7.16. The number of rotatable bonds is 6. The fourth-order valence-corrected chi connectivity index (χ4v) is 1.77. The van der Waals surface area contributed by atoms with Crippen molar-refractivity contribution in [1.82, 2.24) is 5.32 Å². The second-order valence-corrected chi connectivity index (χ2v) is 4.24. The van der Waals surface area contributed by atoms with Gasteiger partial charge in [0.05, 0.1) is 24.1 Å². The van der Waals surface area contributed by atoms with E-state index in [0.29, 0.717) is 23.9 Å². The number of nitrogens with one attached hydrogen (secondary N) is 1. The van der Waals surface area contributed by atoms with E-state index in [4.69, 9.17) is 21.6 Å². The van der Waals surface area contributed by atoms with E-state index in [2.05, 4.69) is 11.4 Å². The molecule has 0 bridgehead atoms. The topological polar surface area (TPSA) is 45.0 Å². The number of ether oxygens (including phenoxy) is 1. The first kappa shape index (κ1) is 13.8. The molecule has 1 aromatic carbocycles. The van der Waals surface area contributed by atoms with Crippen molar-refractivity contribution in [3.05, 3.63) is 28.8 Å². The molecule has 0 heterocycles. The molecule has 0 aliphatic rings. The standard InChI is InChI=1S/C13H17ClN2O/c1-3-10(7-15)8-16-9-11-4-5-13(17-2)12(14)6-11/h4-6,10,16H,3,8-9H2,1-2H3. The molecule has 3 nitrogen and oxygen atoms in total. The summed E-state index contributed by atoms with van der Waals surface area (Å²) in [5, 5.41) is 12.7. The first-order valence-corrected chi connectivity index (χ1v) is 6.01. The van der Waals surface area contributed by atoms with Gasteiger partial charge in [0.1, 0.15) is 5.75 Å². The predicted octanol–water partition coefficient (Wildman–Crippen LogP) is 2.99. The first-order chi connectivity index (χ1) is 8.21. The van der Waals surface area contributed by atoms with Crippen molar-refractivity contribution in [2.24, 2.45) is 5.92 Å². The Labute approximate surface area is 107 Å². The molecule has 92 valence electrons. The molecule has 0 radical (unpaired) electrons. The van der Waals surface area contributed by atoms with Crippen molar-refractivity contribution in [2.75, 3.05) is 13.7 Å². The van der Waals surface area contributed by atoms with E-state index < -0.39 is 0 Å². The summed E-state index contributed by atoms with van der Waals surface area (Å²) in [5.41, 5.74) is 1.09. The molecule has 0 spiro atoms. The largest absolute Gasteiger partial charge is 0.495 e. The summed E-state index contributed by atoms with van der Waals surface area (Å²) in [6, 6.07) is 7.95. The lowest BCUT2D eigenvalue weighted by molar-refractivity contribution is 0.415. The molecule has 0 aromatic heterocycles. The minimum Gasteiger partial charge on any atom is -0.495 e. The van der Waals surface area contributed by atoms with Crippen LogP contribution in [0.25, 0.3) is 0 Å². The van der Waals surface area contributed by atoms with E-state index in [1.165, 1.54) is 0 Å². The summed E-state index contributed by atoms with van der Waals surface area (Å²) in [6.07, 6.45) is 0.868. The van der Waals surface area contributed by atoms with Gasteiger partial charge in [0.2, 0.25) is 0 Å². The molecular weight excluding hydrogens is 236 g/mol. The summed E-state index contributed by atoms with van der Waals surface area (Å²) in [7, 11) is 1.60. The molecule has 1 rings (SSSR count). The van der Waals surface area contributed by atoms with Crippen LogP contribution in [-0.2, 0) is 6.54 Å². The van der Waals surface area contributed by atoms with E-state index >= 15 is 0 Å². The van der Waals surface area contributed by atoms with Crippen molar-refractivity contribution in [3.63, 3.8) is 0 Å². The van der Waals surface area contributed by atoms with Gasteiger partial charge in [-0.25, -0.2) is 0 Å². The molecule has 0 fully saturated rings. The van der Waals surface area contributed by atoms with E-state index in [-0.39, 0.29) is 5.92 Å². The van der Waals surface area contributed by atoms with Gasteiger partial charge in [0.15, 0.2) is 0 Å². The quantitative estimate of drug-likeness (QED) is 0.847. The van der Waals surface area contributed by atoms with E-state index in [0.717, 1.165) is 12.0 Å².